The molecule has 0 atom stereocenters. The van der Waals surface area contributed by atoms with Gasteiger partial charge in [-0.15, -0.1) is 5.10 Å². The van der Waals surface area contributed by atoms with Crippen molar-refractivity contribution < 1.29 is 8.78 Å². The van der Waals surface area contributed by atoms with E-state index in [1.54, 1.807) is 30.3 Å². The summed E-state index contributed by atoms with van der Waals surface area (Å²) in [6.07, 6.45) is 0. The van der Waals surface area contributed by atoms with Gasteiger partial charge in [-0.1, -0.05) is 26.0 Å². The molecule has 0 aliphatic rings. The van der Waals surface area contributed by atoms with Gasteiger partial charge in [0, 0.05) is 12.1 Å². The van der Waals surface area contributed by atoms with Gasteiger partial charge >= 0.3 is 0 Å². The largest absolute Gasteiger partial charge is 0.383 e. The number of nitrogens with zero attached hydrogens (tertiary/aromatic N) is 4. The monoisotopic (exact) mass is 394 g/mol. The van der Waals surface area contributed by atoms with Crippen molar-refractivity contribution in [2.24, 2.45) is 5.92 Å². The van der Waals surface area contributed by atoms with Crippen LogP contribution in [-0.4, -0.2) is 26.3 Å². The number of hydrogen-bond acceptors (Lipinski definition) is 5. The first-order chi connectivity index (χ1) is 13.9. The highest BCUT2D eigenvalue weighted by molar-refractivity contribution is 5.99. The number of nitrogens with two attached hydrogens (primary N) is 1. The van der Waals surface area contributed by atoms with Gasteiger partial charge in [-0.05, 0) is 42.3 Å². The number of halogens is 2. The van der Waals surface area contributed by atoms with Gasteiger partial charge < -0.3 is 11.1 Å². The van der Waals surface area contributed by atoms with Crippen molar-refractivity contribution >= 4 is 22.8 Å². The number of benzene rings is 2. The molecule has 2 aromatic heterocycles. The summed E-state index contributed by atoms with van der Waals surface area (Å²) < 4.78 is 29.3. The van der Waals surface area contributed by atoms with E-state index in [2.05, 4.69) is 34.2 Å². The van der Waals surface area contributed by atoms with Crippen LogP contribution in [0.2, 0.25) is 0 Å². The second-order valence-corrected chi connectivity index (χ2v) is 7.12. The zero-order chi connectivity index (χ0) is 20.5. The van der Waals surface area contributed by atoms with E-state index in [-0.39, 0.29) is 11.6 Å². The van der Waals surface area contributed by atoms with E-state index < -0.39 is 5.82 Å². The second kappa shape index (κ2) is 7.46. The Labute approximate surface area is 166 Å². The lowest BCUT2D eigenvalue weighted by molar-refractivity contribution is 0.627. The van der Waals surface area contributed by atoms with Crippen LogP contribution >= 0.6 is 0 Å². The molecule has 4 rings (SSSR count). The maximum atomic E-state index is 14.6. The standard InChI is InChI=1S/C21H20F2N6/c1-12(2)11-25-21-26-18(15-5-3-4-6-16(15)23)17-19(24)29(28-20(17)27-21)14-9-7-13(22)8-10-14/h3-10,12H,11,24H2,1-2H3,(H,25,27,28). The average Bonchev–Trinajstić information content (AvgIpc) is 3.03. The molecule has 0 amide bonds. The van der Waals surface area contributed by atoms with Gasteiger partial charge in [0.05, 0.1) is 16.8 Å². The molecule has 2 aromatic carbocycles. The third-order valence-corrected chi connectivity index (χ3v) is 4.44. The summed E-state index contributed by atoms with van der Waals surface area (Å²) in [7, 11) is 0. The fraction of sp³-hybridized carbons (Fsp3) is 0.190. The minimum Gasteiger partial charge on any atom is -0.383 e. The number of nitrogens with one attached hydrogen (secondary N) is 1. The van der Waals surface area contributed by atoms with Crippen LogP contribution in [0.5, 0.6) is 0 Å². The minimum atomic E-state index is -0.420. The molecule has 0 aliphatic carbocycles. The van der Waals surface area contributed by atoms with Crippen molar-refractivity contribution in [3.63, 3.8) is 0 Å². The lowest BCUT2D eigenvalue weighted by Crippen LogP contribution is -2.11. The Bertz CT molecular complexity index is 1170. The lowest BCUT2D eigenvalue weighted by Gasteiger charge is -2.10. The van der Waals surface area contributed by atoms with Gasteiger partial charge in [-0.25, -0.2) is 18.4 Å². The van der Waals surface area contributed by atoms with Crippen molar-refractivity contribution in [3.05, 3.63) is 60.2 Å². The van der Waals surface area contributed by atoms with Crippen LogP contribution in [0.4, 0.5) is 20.5 Å². The molecule has 0 fully saturated rings. The summed E-state index contributed by atoms with van der Waals surface area (Å²) >= 11 is 0. The van der Waals surface area contributed by atoms with Crippen molar-refractivity contribution in [2.75, 3.05) is 17.6 Å². The Balaban J connectivity index is 1.95. The van der Waals surface area contributed by atoms with Crippen LogP contribution in [-0.2, 0) is 0 Å². The Morgan fingerprint density at radius 1 is 1.03 bits per heavy atom. The molecule has 8 heteroatoms. The number of fused-ring (bicyclic) bond motifs is 1. The van der Waals surface area contributed by atoms with Crippen LogP contribution in [0.1, 0.15) is 13.8 Å². The number of rotatable bonds is 5. The van der Waals surface area contributed by atoms with Crippen molar-refractivity contribution in [2.45, 2.75) is 13.8 Å². The molecule has 4 aromatic rings. The third-order valence-electron chi connectivity index (χ3n) is 4.44. The molecule has 0 radical (unpaired) electrons. The molecule has 0 bridgehead atoms. The van der Waals surface area contributed by atoms with Gasteiger partial charge in [0.15, 0.2) is 5.65 Å². The normalized spacial score (nSPS) is 11.3. The van der Waals surface area contributed by atoms with E-state index in [0.717, 1.165) is 0 Å². The summed E-state index contributed by atoms with van der Waals surface area (Å²) in [6, 6.07) is 12.1. The zero-order valence-electron chi connectivity index (χ0n) is 16.0. The molecule has 0 spiro atoms. The molecule has 0 saturated carbocycles. The fourth-order valence-corrected chi connectivity index (χ4v) is 3.01. The minimum absolute atomic E-state index is 0.250. The van der Waals surface area contributed by atoms with Gasteiger partial charge in [-0.2, -0.15) is 4.98 Å². The Morgan fingerprint density at radius 3 is 2.45 bits per heavy atom. The van der Waals surface area contributed by atoms with Gasteiger partial charge in [0.2, 0.25) is 5.95 Å². The number of hydrogen-bond donors (Lipinski definition) is 2. The van der Waals surface area contributed by atoms with Crippen LogP contribution in [0.25, 0.3) is 28.0 Å². The van der Waals surface area contributed by atoms with E-state index in [1.807, 2.05) is 0 Å². The summed E-state index contributed by atoms with van der Waals surface area (Å²) in [5.74, 6) is 0.175. The Morgan fingerprint density at radius 2 is 1.76 bits per heavy atom. The van der Waals surface area contributed by atoms with E-state index in [4.69, 9.17) is 5.73 Å². The molecule has 29 heavy (non-hydrogen) atoms. The quantitative estimate of drug-likeness (QED) is 0.524. The average molecular weight is 394 g/mol. The smallest absolute Gasteiger partial charge is 0.225 e. The first kappa shape index (κ1) is 18.8. The first-order valence-corrected chi connectivity index (χ1v) is 9.25. The molecular weight excluding hydrogens is 374 g/mol. The first-order valence-electron chi connectivity index (χ1n) is 9.25. The van der Waals surface area contributed by atoms with Crippen LogP contribution in [0.3, 0.4) is 0 Å². The van der Waals surface area contributed by atoms with Gasteiger partial charge in [-0.3, -0.25) is 0 Å². The van der Waals surface area contributed by atoms with Crippen LogP contribution in [0, 0.1) is 17.6 Å². The molecule has 0 unspecified atom stereocenters. The number of nitrogen functional groups attached to an aromatic ring is 1. The summed E-state index contributed by atoms with van der Waals surface area (Å²) in [5, 5.41) is 8.07. The molecular formula is C21H20F2N6. The van der Waals surface area contributed by atoms with Crippen molar-refractivity contribution in [1.82, 2.24) is 19.7 Å². The van der Waals surface area contributed by atoms with E-state index in [1.165, 1.54) is 22.9 Å². The zero-order valence-corrected chi connectivity index (χ0v) is 16.0. The maximum Gasteiger partial charge on any atom is 0.225 e. The van der Waals surface area contributed by atoms with Crippen LogP contribution < -0.4 is 11.1 Å². The molecule has 6 nitrogen and oxygen atoms in total. The predicted octanol–water partition coefficient (Wildman–Crippen LogP) is 4.41. The second-order valence-electron chi connectivity index (χ2n) is 7.12. The molecule has 3 N–H and O–H groups in total. The summed E-state index contributed by atoms with van der Waals surface area (Å²) in [5.41, 5.74) is 7.90. The topological polar surface area (TPSA) is 81.6 Å². The van der Waals surface area contributed by atoms with E-state index >= 15 is 0 Å². The number of aromatic nitrogens is 4. The SMILES string of the molecule is CC(C)CNc1nc(-c2ccccc2F)c2c(N)n(-c3ccc(F)cc3)nc2n1. The molecule has 2 heterocycles. The molecule has 148 valence electrons. The van der Waals surface area contributed by atoms with Crippen molar-refractivity contribution in [3.8, 4) is 16.9 Å². The summed E-state index contributed by atoms with van der Waals surface area (Å²) in [4.78, 5) is 8.99. The molecule has 0 saturated heterocycles. The molecule has 0 aliphatic heterocycles. The van der Waals surface area contributed by atoms with Gasteiger partial charge in [0.1, 0.15) is 17.5 Å². The highest BCUT2D eigenvalue weighted by Crippen LogP contribution is 2.34. The Hall–Kier alpha value is -3.55. The highest BCUT2D eigenvalue weighted by Gasteiger charge is 2.21. The maximum absolute atomic E-state index is 14.6. The fourth-order valence-electron chi connectivity index (χ4n) is 3.01. The van der Waals surface area contributed by atoms with E-state index in [9.17, 15) is 8.78 Å². The number of anilines is 2. The predicted molar refractivity (Wildman–Crippen MR) is 110 cm³/mol. The van der Waals surface area contributed by atoms with E-state index in [0.29, 0.717) is 46.4 Å². The van der Waals surface area contributed by atoms with Crippen molar-refractivity contribution in [1.29, 1.82) is 0 Å². The summed E-state index contributed by atoms with van der Waals surface area (Å²) in [6.45, 7) is 4.77. The van der Waals surface area contributed by atoms with Gasteiger partial charge in [0.25, 0.3) is 0 Å². The Kier molecular flexibility index (Phi) is 4.84. The lowest BCUT2D eigenvalue weighted by atomic mass is 10.1. The highest BCUT2D eigenvalue weighted by atomic mass is 19.1. The third kappa shape index (κ3) is 3.61. The van der Waals surface area contributed by atoms with Crippen LogP contribution in [0.15, 0.2) is 48.5 Å².